The zero-order valence-electron chi connectivity index (χ0n) is 8.91. The van der Waals surface area contributed by atoms with Crippen LogP contribution in [0, 0.1) is 5.82 Å². The maximum atomic E-state index is 13.8. The largest absolute Gasteiger partial charge is 0.484 e. The van der Waals surface area contributed by atoms with Crippen LogP contribution in [0.4, 0.5) is 4.39 Å². The fourth-order valence-electron chi connectivity index (χ4n) is 2.18. The van der Waals surface area contributed by atoms with E-state index in [1.165, 1.54) is 17.4 Å². The first kappa shape index (κ1) is 11.2. The maximum absolute atomic E-state index is 13.8. The predicted molar refractivity (Wildman–Crippen MR) is 64.5 cm³/mol. The molecule has 0 saturated heterocycles. The third-order valence-corrected chi connectivity index (χ3v) is 4.27. The van der Waals surface area contributed by atoms with Crippen LogP contribution in [0.2, 0.25) is 4.47 Å². The lowest BCUT2D eigenvalue weighted by Gasteiger charge is -2.10. The zero-order chi connectivity index (χ0) is 12.2. The molecular weight excluding hydrogens is 265 g/mol. The second-order valence-electron chi connectivity index (χ2n) is 4.04. The number of hydrogen-bond acceptors (Lipinski definition) is 4. The van der Waals surface area contributed by atoms with Crippen LogP contribution in [0.25, 0.3) is 10.2 Å². The van der Waals surface area contributed by atoms with E-state index >= 15 is 0 Å². The van der Waals surface area contributed by atoms with Gasteiger partial charge in [-0.1, -0.05) is 18.5 Å². The van der Waals surface area contributed by atoms with Crippen LogP contribution in [-0.4, -0.2) is 22.8 Å². The van der Waals surface area contributed by atoms with Crippen molar-refractivity contribution in [1.82, 2.24) is 4.98 Å². The molecule has 90 valence electrons. The van der Waals surface area contributed by atoms with E-state index in [-0.39, 0.29) is 18.3 Å². The average molecular weight is 274 g/mol. The summed E-state index contributed by atoms with van der Waals surface area (Å²) in [6.45, 7) is 1.77. The molecule has 0 unspecified atom stereocenters. The molecule has 1 aliphatic rings. The van der Waals surface area contributed by atoms with Gasteiger partial charge in [0.1, 0.15) is 6.10 Å². The number of aliphatic hydroxyl groups is 1. The highest BCUT2D eigenvalue weighted by molar-refractivity contribution is 7.22. The van der Waals surface area contributed by atoms with Crippen molar-refractivity contribution in [3.63, 3.8) is 0 Å². The second-order valence-corrected chi connectivity index (χ2v) is 5.63. The third kappa shape index (κ3) is 1.53. The summed E-state index contributed by atoms with van der Waals surface area (Å²) in [5.41, 5.74) is 1.31. The number of ether oxygens (including phenoxy) is 1. The summed E-state index contributed by atoms with van der Waals surface area (Å²) in [5, 5.41) is 9.19. The predicted octanol–water partition coefficient (Wildman–Crippen LogP) is 2.95. The monoisotopic (exact) mass is 273 g/mol. The maximum Gasteiger partial charge on any atom is 0.184 e. The van der Waals surface area contributed by atoms with Crippen LogP contribution in [-0.2, 0) is 0 Å². The van der Waals surface area contributed by atoms with Crippen molar-refractivity contribution in [2.75, 3.05) is 6.61 Å². The van der Waals surface area contributed by atoms with Gasteiger partial charge in [-0.2, -0.15) is 0 Å². The molecule has 2 heterocycles. The number of aliphatic hydroxyl groups excluding tert-OH is 1. The molecule has 1 aliphatic heterocycles. The standard InChI is InChI=1S/C11H9ClFNO2S/c1-4-7(3-15)16-9-5(13)2-6-10(8(4)9)17-11(12)14-6/h2,4,7,15H,3H2,1H3/t4-,7+/m1/s1. The summed E-state index contributed by atoms with van der Waals surface area (Å²) < 4.78 is 20.5. The fraction of sp³-hybridized carbons (Fsp3) is 0.364. The van der Waals surface area contributed by atoms with Gasteiger partial charge in [0.25, 0.3) is 0 Å². The minimum atomic E-state index is -0.447. The number of thiazole rings is 1. The number of hydrogen-bond donors (Lipinski definition) is 1. The van der Waals surface area contributed by atoms with Gasteiger partial charge in [0.15, 0.2) is 16.0 Å². The van der Waals surface area contributed by atoms with Crippen LogP contribution < -0.4 is 4.74 Å². The van der Waals surface area contributed by atoms with E-state index < -0.39 is 11.9 Å². The number of benzene rings is 1. The van der Waals surface area contributed by atoms with E-state index in [2.05, 4.69) is 4.98 Å². The smallest absolute Gasteiger partial charge is 0.184 e. The molecule has 0 fully saturated rings. The first-order valence-corrected chi connectivity index (χ1v) is 6.37. The highest BCUT2D eigenvalue weighted by Crippen LogP contribution is 2.46. The Hall–Kier alpha value is -0.910. The van der Waals surface area contributed by atoms with Gasteiger partial charge in [-0.25, -0.2) is 9.37 Å². The lowest BCUT2D eigenvalue weighted by molar-refractivity contribution is 0.117. The number of rotatable bonds is 1. The van der Waals surface area contributed by atoms with E-state index in [0.717, 1.165) is 10.3 Å². The molecule has 0 saturated carbocycles. The number of aromatic nitrogens is 1. The number of nitrogens with zero attached hydrogens (tertiary/aromatic N) is 1. The Kier molecular flexibility index (Phi) is 2.50. The van der Waals surface area contributed by atoms with Crippen molar-refractivity contribution in [1.29, 1.82) is 0 Å². The number of fused-ring (bicyclic) bond motifs is 3. The molecule has 1 aromatic heterocycles. The van der Waals surface area contributed by atoms with E-state index in [1.807, 2.05) is 6.92 Å². The normalized spacial score (nSPS) is 22.8. The minimum absolute atomic E-state index is 0.0651. The van der Waals surface area contributed by atoms with Gasteiger partial charge in [0, 0.05) is 17.5 Å². The molecule has 0 bridgehead atoms. The quantitative estimate of drug-likeness (QED) is 0.869. The van der Waals surface area contributed by atoms with Crippen molar-refractivity contribution >= 4 is 33.2 Å². The van der Waals surface area contributed by atoms with Gasteiger partial charge in [-0.05, 0) is 0 Å². The highest BCUT2D eigenvalue weighted by atomic mass is 35.5. The Labute approximate surface area is 106 Å². The van der Waals surface area contributed by atoms with E-state index in [4.69, 9.17) is 16.3 Å². The van der Waals surface area contributed by atoms with Gasteiger partial charge in [0.2, 0.25) is 0 Å². The van der Waals surface area contributed by atoms with Crippen LogP contribution >= 0.6 is 22.9 Å². The van der Waals surface area contributed by atoms with Crippen molar-refractivity contribution in [3.8, 4) is 5.75 Å². The van der Waals surface area contributed by atoms with Gasteiger partial charge >= 0.3 is 0 Å². The molecule has 3 nitrogen and oxygen atoms in total. The molecule has 6 heteroatoms. The van der Waals surface area contributed by atoms with Crippen LogP contribution in [0.5, 0.6) is 5.75 Å². The molecule has 0 amide bonds. The molecule has 1 N–H and O–H groups in total. The van der Waals surface area contributed by atoms with E-state index in [0.29, 0.717) is 9.98 Å². The SMILES string of the molecule is C[C@H]1c2c(c(F)cc3nc(Cl)sc23)O[C@H]1CO. The zero-order valence-corrected chi connectivity index (χ0v) is 10.5. The third-order valence-electron chi connectivity index (χ3n) is 3.06. The molecule has 0 aliphatic carbocycles. The van der Waals surface area contributed by atoms with Crippen LogP contribution in [0.1, 0.15) is 18.4 Å². The molecule has 2 atom stereocenters. The minimum Gasteiger partial charge on any atom is -0.484 e. The van der Waals surface area contributed by atoms with E-state index in [1.54, 1.807) is 0 Å². The molecule has 17 heavy (non-hydrogen) atoms. The fourth-order valence-corrected chi connectivity index (χ4v) is 3.41. The van der Waals surface area contributed by atoms with Crippen LogP contribution in [0.3, 0.4) is 0 Å². The molecule has 2 aromatic rings. The molecule has 1 aromatic carbocycles. The summed E-state index contributed by atoms with van der Waals surface area (Å²) in [4.78, 5) is 4.06. The van der Waals surface area contributed by atoms with Gasteiger partial charge in [-0.3, -0.25) is 0 Å². The second kappa shape index (κ2) is 3.80. The molecule has 0 radical (unpaired) electrons. The van der Waals surface area contributed by atoms with Gasteiger partial charge in [-0.15, -0.1) is 11.3 Å². The Bertz CT molecular complexity index is 601. The topological polar surface area (TPSA) is 42.4 Å². The lowest BCUT2D eigenvalue weighted by atomic mass is 9.97. The summed E-state index contributed by atoms with van der Waals surface area (Å²) in [6, 6.07) is 1.32. The van der Waals surface area contributed by atoms with Crippen LogP contribution in [0.15, 0.2) is 6.07 Å². The van der Waals surface area contributed by atoms with Crippen molar-refractivity contribution in [3.05, 3.63) is 21.9 Å². The lowest BCUT2D eigenvalue weighted by Crippen LogP contribution is -2.21. The Morgan fingerprint density at radius 1 is 1.65 bits per heavy atom. The first-order chi connectivity index (χ1) is 8.11. The van der Waals surface area contributed by atoms with Crippen molar-refractivity contribution < 1.29 is 14.2 Å². The van der Waals surface area contributed by atoms with Crippen molar-refractivity contribution in [2.24, 2.45) is 0 Å². The Morgan fingerprint density at radius 2 is 2.41 bits per heavy atom. The van der Waals surface area contributed by atoms with Gasteiger partial charge in [0.05, 0.1) is 16.8 Å². The molecule has 3 rings (SSSR count). The Morgan fingerprint density at radius 3 is 3.12 bits per heavy atom. The summed E-state index contributed by atoms with van der Waals surface area (Å²) in [7, 11) is 0. The van der Waals surface area contributed by atoms with E-state index in [9.17, 15) is 9.50 Å². The van der Waals surface area contributed by atoms with Gasteiger partial charge < -0.3 is 9.84 Å². The average Bonchev–Trinajstić information content (AvgIpc) is 2.79. The summed E-state index contributed by atoms with van der Waals surface area (Å²) in [6.07, 6.45) is -0.397. The summed E-state index contributed by atoms with van der Waals surface area (Å²) in [5.74, 6) is -0.286. The molecule has 0 spiro atoms. The highest BCUT2D eigenvalue weighted by Gasteiger charge is 2.35. The van der Waals surface area contributed by atoms with Crippen molar-refractivity contribution in [2.45, 2.75) is 18.9 Å². The first-order valence-electron chi connectivity index (χ1n) is 5.17. The summed E-state index contributed by atoms with van der Waals surface area (Å²) >= 11 is 7.16. The molecular formula is C11H9ClFNO2S. The number of halogens is 2. The Balaban J connectivity index is 2.31.